The molecule has 3 aromatic heterocycles. The predicted octanol–water partition coefficient (Wildman–Crippen LogP) is 3.97. The van der Waals surface area contributed by atoms with Crippen molar-refractivity contribution in [3.63, 3.8) is 0 Å². The highest BCUT2D eigenvalue weighted by atomic mass is 16.5. The molecular weight excluding hydrogens is 388 g/mol. The van der Waals surface area contributed by atoms with E-state index in [4.69, 9.17) is 4.74 Å². The molecule has 0 aliphatic carbocycles. The van der Waals surface area contributed by atoms with Crippen molar-refractivity contribution >= 4 is 21.9 Å². The van der Waals surface area contributed by atoms with E-state index in [0.717, 1.165) is 38.8 Å². The monoisotopic (exact) mass is 406 g/mol. The smallest absolute Gasteiger partial charge is 0.226 e. The topological polar surface area (TPSA) is 81.0 Å². The second-order valence-corrected chi connectivity index (χ2v) is 7.05. The minimum atomic E-state index is 0.490. The minimum Gasteiger partial charge on any atom is -0.481 e. The number of pyridine rings is 2. The van der Waals surface area contributed by atoms with Gasteiger partial charge in [0.25, 0.3) is 0 Å². The first-order valence-electron chi connectivity index (χ1n) is 9.70. The van der Waals surface area contributed by atoms with Crippen LogP contribution in [0.2, 0.25) is 0 Å². The lowest BCUT2D eigenvalue weighted by Gasteiger charge is -2.09. The molecule has 5 aromatic rings. The molecule has 0 atom stereocenters. The summed E-state index contributed by atoms with van der Waals surface area (Å²) in [6.07, 6.45) is 5.44. The zero-order chi connectivity index (χ0) is 21.4. The molecule has 0 saturated carbocycles. The number of methoxy groups -OCH3 is 1. The first kappa shape index (κ1) is 18.6. The molecule has 31 heavy (non-hydrogen) atoms. The Bertz CT molecular complexity index is 1520. The normalized spacial score (nSPS) is 11.7. The van der Waals surface area contributed by atoms with Gasteiger partial charge >= 0.3 is 0 Å². The third-order valence-electron chi connectivity index (χ3n) is 5.35. The van der Waals surface area contributed by atoms with Crippen LogP contribution < -0.4 is 10.4 Å². The number of hydrogen-bond acceptors (Lipinski definition) is 5. The van der Waals surface area contributed by atoms with Crippen molar-refractivity contribution in [1.29, 1.82) is 5.26 Å². The van der Waals surface area contributed by atoms with Crippen molar-refractivity contribution in [2.75, 3.05) is 7.11 Å². The van der Waals surface area contributed by atoms with Crippen LogP contribution in [0.3, 0.4) is 0 Å². The number of imidazole rings is 1. The number of nitrogens with zero attached hydrogens (tertiary/aromatic N) is 6. The standard InChI is InChI=1S/C24H18N6O/c1-29-21-14-26-20-10-8-17(16-6-4-3-5-7-16)12-19(20)23(21)30(24(29)28-15-25)18-9-11-22(31-2)27-13-18/h3-14H,1-2H3/b28-24-. The summed E-state index contributed by atoms with van der Waals surface area (Å²) < 4.78 is 9.00. The van der Waals surface area contributed by atoms with Gasteiger partial charge in [-0.15, -0.1) is 4.99 Å². The fourth-order valence-corrected chi connectivity index (χ4v) is 3.86. The highest BCUT2D eigenvalue weighted by Gasteiger charge is 2.16. The van der Waals surface area contributed by atoms with Crippen LogP contribution in [-0.2, 0) is 7.05 Å². The third kappa shape index (κ3) is 3.02. The maximum absolute atomic E-state index is 9.33. The first-order chi connectivity index (χ1) is 15.2. The molecule has 0 radical (unpaired) electrons. The zero-order valence-electron chi connectivity index (χ0n) is 17.0. The number of ether oxygens (including phenoxy) is 1. The molecule has 3 heterocycles. The van der Waals surface area contributed by atoms with Crippen LogP contribution in [0.25, 0.3) is 38.8 Å². The quantitative estimate of drug-likeness (QED) is 0.425. The molecule has 0 amide bonds. The van der Waals surface area contributed by atoms with Crippen LogP contribution in [-0.4, -0.2) is 26.2 Å². The Labute approximate surface area is 178 Å². The lowest BCUT2D eigenvalue weighted by molar-refractivity contribution is 0.398. The Morgan fingerprint density at radius 2 is 1.81 bits per heavy atom. The van der Waals surface area contributed by atoms with Crippen LogP contribution in [0.1, 0.15) is 0 Å². The molecule has 0 spiro atoms. The van der Waals surface area contributed by atoms with Crippen LogP contribution in [0, 0.1) is 11.5 Å². The van der Waals surface area contributed by atoms with Gasteiger partial charge in [-0.2, -0.15) is 5.26 Å². The number of benzene rings is 2. The van der Waals surface area contributed by atoms with E-state index in [0.29, 0.717) is 11.5 Å². The Morgan fingerprint density at radius 1 is 0.968 bits per heavy atom. The zero-order valence-corrected chi connectivity index (χ0v) is 17.0. The number of rotatable bonds is 3. The highest BCUT2D eigenvalue weighted by molar-refractivity contribution is 6.04. The van der Waals surface area contributed by atoms with Crippen LogP contribution in [0.4, 0.5) is 0 Å². The van der Waals surface area contributed by atoms with Gasteiger partial charge in [0.15, 0.2) is 0 Å². The van der Waals surface area contributed by atoms with Gasteiger partial charge in [0.2, 0.25) is 17.7 Å². The van der Waals surface area contributed by atoms with E-state index in [2.05, 4.69) is 39.2 Å². The molecular formula is C24H18N6O. The largest absolute Gasteiger partial charge is 0.481 e. The maximum Gasteiger partial charge on any atom is 0.226 e. The van der Waals surface area contributed by atoms with E-state index in [1.165, 1.54) is 0 Å². The van der Waals surface area contributed by atoms with Crippen molar-refractivity contribution in [1.82, 2.24) is 19.1 Å². The van der Waals surface area contributed by atoms with Crippen molar-refractivity contribution in [2.45, 2.75) is 0 Å². The van der Waals surface area contributed by atoms with E-state index in [-0.39, 0.29) is 0 Å². The van der Waals surface area contributed by atoms with Crippen molar-refractivity contribution in [3.8, 4) is 28.9 Å². The first-order valence-corrected chi connectivity index (χ1v) is 9.70. The van der Waals surface area contributed by atoms with Crippen LogP contribution in [0.5, 0.6) is 5.88 Å². The maximum atomic E-state index is 9.33. The Kier molecular flexibility index (Phi) is 4.45. The summed E-state index contributed by atoms with van der Waals surface area (Å²) in [6, 6.07) is 20.1. The molecule has 2 aromatic carbocycles. The molecule has 5 rings (SSSR count). The van der Waals surface area contributed by atoms with Gasteiger partial charge in [0.05, 0.1) is 41.7 Å². The average molecular weight is 406 g/mol. The predicted molar refractivity (Wildman–Crippen MR) is 119 cm³/mol. The van der Waals surface area contributed by atoms with E-state index in [9.17, 15) is 5.26 Å². The third-order valence-corrected chi connectivity index (χ3v) is 5.35. The molecule has 0 bridgehead atoms. The van der Waals surface area contributed by atoms with Gasteiger partial charge in [0, 0.05) is 18.5 Å². The molecule has 150 valence electrons. The molecule has 0 saturated heterocycles. The van der Waals surface area contributed by atoms with Gasteiger partial charge < -0.3 is 9.30 Å². The van der Waals surface area contributed by atoms with Crippen molar-refractivity contribution in [3.05, 3.63) is 78.7 Å². The fourth-order valence-electron chi connectivity index (χ4n) is 3.86. The van der Waals surface area contributed by atoms with Crippen molar-refractivity contribution < 1.29 is 4.74 Å². The molecule has 7 heteroatoms. The summed E-state index contributed by atoms with van der Waals surface area (Å²) in [7, 11) is 3.45. The molecule has 0 unspecified atom stereocenters. The van der Waals surface area contributed by atoms with Gasteiger partial charge in [-0.3, -0.25) is 9.55 Å². The molecule has 0 fully saturated rings. The lowest BCUT2D eigenvalue weighted by Crippen LogP contribution is -2.22. The second-order valence-electron chi connectivity index (χ2n) is 7.05. The number of aromatic nitrogens is 4. The SMILES string of the molecule is COc1ccc(-n2/c(=N\C#N)n(C)c3cnc4ccc(-c5ccccc5)cc4c32)cn1. The Morgan fingerprint density at radius 3 is 2.52 bits per heavy atom. The second kappa shape index (κ2) is 7.43. The molecule has 7 nitrogen and oxygen atoms in total. The number of aryl methyl sites for hydroxylation is 1. The van der Waals surface area contributed by atoms with Crippen LogP contribution in [0.15, 0.2) is 78.0 Å². The Balaban J connectivity index is 1.91. The van der Waals surface area contributed by atoms with Gasteiger partial charge in [-0.1, -0.05) is 36.4 Å². The summed E-state index contributed by atoms with van der Waals surface area (Å²) in [5.41, 5.74) is 6.11. The van der Waals surface area contributed by atoms with E-state index < -0.39 is 0 Å². The van der Waals surface area contributed by atoms with E-state index >= 15 is 0 Å². The van der Waals surface area contributed by atoms with Crippen LogP contribution >= 0.6 is 0 Å². The minimum absolute atomic E-state index is 0.490. The molecule has 0 aliphatic heterocycles. The lowest BCUT2D eigenvalue weighted by atomic mass is 10.0. The number of hydrogen-bond donors (Lipinski definition) is 0. The summed E-state index contributed by atoms with van der Waals surface area (Å²) in [5.74, 6) is 0.515. The van der Waals surface area contributed by atoms with E-state index in [1.54, 1.807) is 19.4 Å². The van der Waals surface area contributed by atoms with E-state index in [1.807, 2.05) is 58.9 Å². The summed E-state index contributed by atoms with van der Waals surface area (Å²) >= 11 is 0. The Hall–Kier alpha value is -4.44. The number of fused-ring (bicyclic) bond motifs is 3. The van der Waals surface area contributed by atoms with Gasteiger partial charge in [-0.25, -0.2) is 4.98 Å². The van der Waals surface area contributed by atoms with Gasteiger partial charge in [-0.05, 0) is 29.3 Å². The summed E-state index contributed by atoms with van der Waals surface area (Å²) in [6.45, 7) is 0. The number of nitriles is 1. The van der Waals surface area contributed by atoms with Crippen molar-refractivity contribution in [2.24, 2.45) is 12.0 Å². The fraction of sp³-hybridized carbons (Fsp3) is 0.0833. The summed E-state index contributed by atoms with van der Waals surface area (Å²) in [5, 5.41) is 10.3. The van der Waals surface area contributed by atoms with Gasteiger partial charge in [0.1, 0.15) is 0 Å². The molecule has 0 aliphatic rings. The average Bonchev–Trinajstić information content (AvgIpc) is 3.11. The molecule has 0 N–H and O–H groups in total. The highest BCUT2D eigenvalue weighted by Crippen LogP contribution is 2.29. The summed E-state index contributed by atoms with van der Waals surface area (Å²) in [4.78, 5) is 13.1.